The molecule has 0 amide bonds. The van der Waals surface area contributed by atoms with Gasteiger partial charge >= 0.3 is 0 Å². The molecule has 2 aromatic carbocycles. The maximum Gasteiger partial charge on any atom is 0.0787 e. The Morgan fingerprint density at radius 3 is 1.82 bits per heavy atom. The van der Waals surface area contributed by atoms with Gasteiger partial charge in [-0.05, 0) is 23.8 Å². The minimum absolute atomic E-state index is 0. The zero-order chi connectivity index (χ0) is 11.7. The van der Waals surface area contributed by atoms with E-state index in [2.05, 4.69) is 0 Å². The van der Waals surface area contributed by atoms with Crippen LogP contribution in [-0.2, 0) is 0 Å². The van der Waals surface area contributed by atoms with Crippen LogP contribution in [0.5, 0.6) is 0 Å². The first-order valence-electron chi connectivity index (χ1n) is 4.89. The van der Waals surface area contributed by atoms with Crippen molar-refractivity contribution < 1.29 is 0 Å². The Balaban J connectivity index is 0.00000144. The van der Waals surface area contributed by atoms with Gasteiger partial charge in [-0.2, -0.15) is 0 Å². The molecule has 17 heavy (non-hydrogen) atoms. The third-order valence-corrected chi connectivity index (χ3v) is 2.54. The number of hydrogen-bond donors (Lipinski definition) is 5. The second kappa shape index (κ2) is 4.63. The van der Waals surface area contributed by atoms with Crippen LogP contribution in [0.1, 0.15) is 0 Å². The van der Waals surface area contributed by atoms with Crippen LogP contribution >= 0.6 is 0 Å². The van der Waals surface area contributed by atoms with E-state index in [0.29, 0.717) is 22.7 Å². The molecule has 0 saturated carbocycles. The highest BCUT2D eigenvalue weighted by atomic mass is 14.7. The van der Waals surface area contributed by atoms with Crippen molar-refractivity contribution in [3.63, 3.8) is 0 Å². The number of hydrogen-bond acceptors (Lipinski definition) is 5. The summed E-state index contributed by atoms with van der Waals surface area (Å²) in [7, 11) is 0. The minimum atomic E-state index is 0. The van der Waals surface area contributed by atoms with Crippen molar-refractivity contribution in [1.82, 2.24) is 6.15 Å². The molecule has 0 saturated heterocycles. The Morgan fingerprint density at radius 2 is 1.24 bits per heavy atom. The molecule has 0 heterocycles. The van der Waals surface area contributed by atoms with Gasteiger partial charge in [-0.25, -0.2) is 0 Å². The predicted octanol–water partition coefficient (Wildman–Crippen LogP) is 1.84. The van der Waals surface area contributed by atoms with Crippen molar-refractivity contribution in [3.8, 4) is 11.1 Å². The van der Waals surface area contributed by atoms with Crippen molar-refractivity contribution in [2.45, 2.75) is 0 Å². The molecule has 0 radical (unpaired) electrons. The molecule has 5 heteroatoms. The summed E-state index contributed by atoms with van der Waals surface area (Å²) in [5, 5.41) is 0. The van der Waals surface area contributed by atoms with Crippen LogP contribution in [0.3, 0.4) is 0 Å². The summed E-state index contributed by atoms with van der Waals surface area (Å²) in [5.74, 6) is 0. The van der Waals surface area contributed by atoms with E-state index in [1.54, 1.807) is 6.07 Å². The number of nitrogens with two attached hydrogens (primary N) is 4. The molecule has 0 fully saturated rings. The lowest BCUT2D eigenvalue weighted by Crippen LogP contribution is -2.01. The van der Waals surface area contributed by atoms with Gasteiger partial charge in [-0.1, -0.05) is 18.2 Å². The number of anilines is 4. The van der Waals surface area contributed by atoms with Gasteiger partial charge in [-0.15, -0.1) is 0 Å². The van der Waals surface area contributed by atoms with E-state index >= 15 is 0 Å². The Kier molecular flexibility index (Phi) is 3.45. The zero-order valence-corrected chi connectivity index (χ0v) is 9.48. The summed E-state index contributed by atoms with van der Waals surface area (Å²) in [5.41, 5.74) is 27.0. The van der Waals surface area contributed by atoms with Crippen LogP contribution in [0.15, 0.2) is 36.4 Å². The molecule has 0 aliphatic carbocycles. The van der Waals surface area contributed by atoms with Crippen molar-refractivity contribution in [1.29, 1.82) is 0 Å². The highest BCUT2D eigenvalue weighted by Gasteiger charge is 2.07. The maximum atomic E-state index is 5.92. The maximum absolute atomic E-state index is 5.92. The van der Waals surface area contributed by atoms with Gasteiger partial charge < -0.3 is 29.1 Å². The molecule has 0 spiro atoms. The van der Waals surface area contributed by atoms with Gasteiger partial charge in [0.1, 0.15) is 0 Å². The Hall–Kier alpha value is -2.40. The lowest BCUT2D eigenvalue weighted by molar-refractivity contribution is 1.59. The van der Waals surface area contributed by atoms with Gasteiger partial charge in [0, 0.05) is 11.3 Å². The molecule has 0 bridgehead atoms. The van der Waals surface area contributed by atoms with Crippen molar-refractivity contribution in [2.24, 2.45) is 0 Å². The highest BCUT2D eigenvalue weighted by molar-refractivity contribution is 5.90. The molecule has 11 N–H and O–H groups in total. The largest absolute Gasteiger partial charge is 0.399 e. The molecular formula is C12H17N5. The first-order chi connectivity index (χ1) is 7.59. The Labute approximate surface area is 100.0 Å². The second-order valence-corrected chi connectivity index (χ2v) is 3.65. The summed E-state index contributed by atoms with van der Waals surface area (Å²) in [6, 6.07) is 11.0. The van der Waals surface area contributed by atoms with Crippen LogP contribution < -0.4 is 29.1 Å². The second-order valence-electron chi connectivity index (χ2n) is 3.65. The summed E-state index contributed by atoms with van der Waals surface area (Å²) >= 11 is 0. The van der Waals surface area contributed by atoms with Crippen molar-refractivity contribution in [2.75, 3.05) is 22.9 Å². The van der Waals surface area contributed by atoms with Gasteiger partial charge in [0.2, 0.25) is 0 Å². The smallest absolute Gasteiger partial charge is 0.0787 e. The standard InChI is InChI=1S/C12H14N4.H3N/c13-8-3-1-7(2-4-8)9-5-6-10(14)12(16)11(9)15;/h1-6H,13-16H2;1H3. The van der Waals surface area contributed by atoms with Crippen molar-refractivity contribution >= 4 is 22.7 Å². The SMILES string of the molecule is N.Nc1ccc(-c2ccc(N)c(N)c2N)cc1. The molecule has 0 aliphatic rings. The molecule has 2 rings (SSSR count). The average Bonchev–Trinajstić information content (AvgIpc) is 2.28. The van der Waals surface area contributed by atoms with E-state index in [1.807, 2.05) is 30.3 Å². The molecular weight excluding hydrogens is 214 g/mol. The first-order valence-corrected chi connectivity index (χ1v) is 4.89. The summed E-state index contributed by atoms with van der Waals surface area (Å²) in [6.45, 7) is 0. The van der Waals surface area contributed by atoms with E-state index in [1.165, 1.54) is 0 Å². The summed E-state index contributed by atoms with van der Waals surface area (Å²) in [6.07, 6.45) is 0. The fraction of sp³-hybridized carbons (Fsp3) is 0. The number of rotatable bonds is 1. The fourth-order valence-electron chi connectivity index (χ4n) is 1.57. The van der Waals surface area contributed by atoms with Crippen LogP contribution in [-0.4, -0.2) is 0 Å². The molecule has 2 aromatic rings. The third-order valence-electron chi connectivity index (χ3n) is 2.54. The first kappa shape index (κ1) is 12.7. The van der Waals surface area contributed by atoms with Crippen LogP contribution in [0, 0.1) is 0 Å². The summed E-state index contributed by atoms with van der Waals surface area (Å²) in [4.78, 5) is 0. The molecule has 0 atom stereocenters. The molecule has 0 unspecified atom stereocenters. The van der Waals surface area contributed by atoms with Crippen LogP contribution in [0.2, 0.25) is 0 Å². The summed E-state index contributed by atoms with van der Waals surface area (Å²) < 4.78 is 0. The Bertz CT molecular complexity index is 519. The van der Waals surface area contributed by atoms with Crippen molar-refractivity contribution in [3.05, 3.63) is 36.4 Å². The third kappa shape index (κ3) is 2.24. The fourth-order valence-corrected chi connectivity index (χ4v) is 1.57. The van der Waals surface area contributed by atoms with Gasteiger partial charge in [0.15, 0.2) is 0 Å². The van der Waals surface area contributed by atoms with Gasteiger partial charge in [-0.3, -0.25) is 0 Å². The molecule has 0 aliphatic heterocycles. The monoisotopic (exact) mass is 231 g/mol. The Morgan fingerprint density at radius 1 is 0.647 bits per heavy atom. The van der Waals surface area contributed by atoms with Crippen LogP contribution in [0.4, 0.5) is 22.7 Å². The lowest BCUT2D eigenvalue weighted by Gasteiger charge is -2.10. The lowest BCUT2D eigenvalue weighted by atomic mass is 10.0. The number of benzene rings is 2. The van der Waals surface area contributed by atoms with E-state index in [4.69, 9.17) is 22.9 Å². The topological polar surface area (TPSA) is 139 Å². The van der Waals surface area contributed by atoms with E-state index in [-0.39, 0.29) is 6.15 Å². The predicted molar refractivity (Wildman–Crippen MR) is 74.5 cm³/mol. The van der Waals surface area contributed by atoms with Gasteiger partial charge in [0.05, 0.1) is 17.1 Å². The molecule has 0 aromatic heterocycles. The molecule has 5 nitrogen and oxygen atoms in total. The van der Waals surface area contributed by atoms with E-state index < -0.39 is 0 Å². The average molecular weight is 231 g/mol. The normalized spacial score (nSPS) is 9.65. The van der Waals surface area contributed by atoms with E-state index in [0.717, 1.165) is 11.1 Å². The van der Waals surface area contributed by atoms with Crippen LogP contribution in [0.25, 0.3) is 11.1 Å². The minimum Gasteiger partial charge on any atom is -0.399 e. The zero-order valence-electron chi connectivity index (χ0n) is 9.48. The van der Waals surface area contributed by atoms with Gasteiger partial charge in [0.25, 0.3) is 0 Å². The molecule has 90 valence electrons. The number of nitrogen functional groups attached to an aromatic ring is 4. The van der Waals surface area contributed by atoms with E-state index in [9.17, 15) is 0 Å². The quantitative estimate of drug-likeness (QED) is 0.476. The highest BCUT2D eigenvalue weighted by Crippen LogP contribution is 2.33.